The van der Waals surface area contributed by atoms with E-state index in [2.05, 4.69) is 22.0 Å². The minimum absolute atomic E-state index is 0.487. The lowest BCUT2D eigenvalue weighted by molar-refractivity contribution is 0.305. The molecule has 0 amide bonds. The number of nitrogens with one attached hydrogen (secondary N) is 1. The Morgan fingerprint density at radius 1 is 0.786 bits per heavy atom. The normalized spacial score (nSPS) is 12.6. The Bertz CT molecular complexity index is 930. The zero-order valence-corrected chi connectivity index (χ0v) is 16.0. The van der Waals surface area contributed by atoms with Gasteiger partial charge in [-0.25, -0.2) is 0 Å². The van der Waals surface area contributed by atoms with Gasteiger partial charge in [0, 0.05) is 6.42 Å². The summed E-state index contributed by atoms with van der Waals surface area (Å²) in [6.45, 7) is 0.487. The molecule has 1 aliphatic heterocycles. The van der Waals surface area contributed by atoms with Gasteiger partial charge in [0.2, 0.25) is 12.2 Å². The van der Waals surface area contributed by atoms with Crippen LogP contribution in [-0.2, 0) is 17.3 Å². The third-order valence-corrected chi connectivity index (χ3v) is 4.67. The van der Waals surface area contributed by atoms with Crippen molar-refractivity contribution in [2.75, 3.05) is 0 Å². The molecule has 4 rings (SSSR count). The van der Waals surface area contributed by atoms with E-state index in [1.165, 1.54) is 5.56 Å². The van der Waals surface area contributed by atoms with Crippen molar-refractivity contribution in [2.24, 2.45) is 5.16 Å². The highest BCUT2D eigenvalue weighted by molar-refractivity contribution is 7.93. The summed E-state index contributed by atoms with van der Waals surface area (Å²) in [6.07, 6.45) is 1.72. The second-order valence-corrected chi connectivity index (χ2v) is 6.81. The maximum Gasteiger partial charge on any atom is 0.208 e. The molecule has 28 heavy (non-hydrogen) atoms. The number of amidine groups is 1. The first-order valence-electron chi connectivity index (χ1n) is 9.04. The Balaban J connectivity index is 1.29. The van der Waals surface area contributed by atoms with E-state index < -0.39 is 0 Å². The van der Waals surface area contributed by atoms with Crippen LogP contribution in [0.2, 0.25) is 0 Å². The van der Waals surface area contributed by atoms with Crippen LogP contribution in [-0.4, -0.2) is 5.84 Å². The molecule has 1 N–H and O–H groups in total. The number of hydrogen-bond donors (Lipinski definition) is 1. The highest BCUT2D eigenvalue weighted by Gasteiger charge is 2.08. The molecule has 3 aromatic carbocycles. The van der Waals surface area contributed by atoms with E-state index in [-0.39, 0.29) is 0 Å². The molecule has 6 heteroatoms. The average molecular weight is 392 g/mol. The van der Waals surface area contributed by atoms with E-state index in [9.17, 15) is 0 Å². The van der Waals surface area contributed by atoms with Crippen LogP contribution in [0.4, 0.5) is 0 Å². The fourth-order valence-corrected chi connectivity index (χ4v) is 3.15. The molecule has 0 bridgehead atoms. The summed E-state index contributed by atoms with van der Waals surface area (Å²) in [5, 5.41) is 3.90. The van der Waals surface area contributed by atoms with Crippen LogP contribution < -0.4 is 14.2 Å². The van der Waals surface area contributed by atoms with Crippen molar-refractivity contribution in [3.8, 4) is 17.2 Å². The summed E-state index contributed by atoms with van der Waals surface area (Å²) < 4.78 is 19.6. The number of rotatable bonds is 8. The summed E-state index contributed by atoms with van der Waals surface area (Å²) in [4.78, 5) is 0. The zero-order chi connectivity index (χ0) is 19.0. The Labute approximate surface area is 168 Å². The van der Waals surface area contributed by atoms with Gasteiger partial charge in [0.15, 0.2) is 5.84 Å². The number of hydrogen-bond acceptors (Lipinski definition) is 6. The molecule has 1 heterocycles. The van der Waals surface area contributed by atoms with Crippen molar-refractivity contribution >= 4 is 18.1 Å². The molecule has 0 unspecified atom stereocenters. The first-order chi connectivity index (χ1) is 13.8. The molecule has 0 spiro atoms. The third-order valence-electron chi connectivity index (χ3n) is 4.20. The van der Waals surface area contributed by atoms with Gasteiger partial charge >= 0.3 is 0 Å². The van der Waals surface area contributed by atoms with E-state index in [4.69, 9.17) is 13.8 Å². The highest BCUT2D eigenvalue weighted by atomic mass is 32.2. The molecule has 3 aromatic rings. The molecule has 142 valence electrons. The van der Waals surface area contributed by atoms with Crippen LogP contribution in [0.3, 0.4) is 0 Å². The van der Waals surface area contributed by atoms with Gasteiger partial charge in [-0.05, 0) is 53.9 Å². The van der Waals surface area contributed by atoms with Crippen LogP contribution >= 0.6 is 12.2 Å². The first kappa shape index (κ1) is 18.3. The quantitative estimate of drug-likeness (QED) is 0.406. The van der Waals surface area contributed by atoms with Crippen molar-refractivity contribution in [1.82, 2.24) is 4.72 Å². The van der Waals surface area contributed by atoms with Crippen molar-refractivity contribution < 1.29 is 13.8 Å². The van der Waals surface area contributed by atoms with E-state index >= 15 is 0 Å². The second-order valence-electron chi connectivity index (χ2n) is 6.29. The average Bonchev–Trinajstić information content (AvgIpc) is 3.26. The summed E-state index contributed by atoms with van der Waals surface area (Å²) in [5.74, 6) is 3.32. The lowest BCUT2D eigenvalue weighted by atomic mass is 10.1. The SMILES string of the molecule is c1ccc(Oc2cccc(COc3ccc(CCC4=NOSN4)cc3)c2)cc1. The molecule has 0 saturated heterocycles. The molecule has 0 aromatic heterocycles. The number of aryl methyl sites for hydroxylation is 1. The standard InChI is InChI=1S/C22H20N2O3S/c1-2-6-20(7-3-1)26-21-8-4-5-18(15-21)16-25-19-12-9-17(10-13-19)11-14-22-23-27-28-24-22/h1-10,12-13,15H,11,14,16H2,(H,23,24). The van der Waals surface area contributed by atoms with Crippen LogP contribution in [0, 0.1) is 0 Å². The van der Waals surface area contributed by atoms with Crippen LogP contribution in [0.25, 0.3) is 0 Å². The summed E-state index contributed by atoms with van der Waals surface area (Å²) >= 11 is 1.14. The van der Waals surface area contributed by atoms with E-state index in [1.54, 1.807) is 0 Å². The van der Waals surface area contributed by atoms with Crippen molar-refractivity contribution in [2.45, 2.75) is 19.4 Å². The summed E-state index contributed by atoms with van der Waals surface area (Å²) in [7, 11) is 0. The maximum atomic E-state index is 5.92. The van der Waals surface area contributed by atoms with E-state index in [1.807, 2.05) is 66.7 Å². The molecule has 0 atom stereocenters. The van der Waals surface area contributed by atoms with Gasteiger partial charge in [-0.15, -0.1) is 0 Å². The van der Waals surface area contributed by atoms with Gasteiger partial charge in [-0.2, -0.15) is 0 Å². The smallest absolute Gasteiger partial charge is 0.208 e. The van der Waals surface area contributed by atoms with Gasteiger partial charge in [-0.1, -0.05) is 47.6 Å². The first-order valence-corrected chi connectivity index (χ1v) is 9.78. The molecule has 0 fully saturated rings. The zero-order valence-electron chi connectivity index (χ0n) is 15.2. The number of nitrogens with zero attached hydrogens (tertiary/aromatic N) is 1. The van der Waals surface area contributed by atoms with Gasteiger partial charge < -0.3 is 9.47 Å². The molecule has 0 radical (unpaired) electrons. The van der Waals surface area contributed by atoms with Gasteiger partial charge in [0.05, 0.1) is 0 Å². The van der Waals surface area contributed by atoms with E-state index in [0.717, 1.165) is 53.7 Å². The molecule has 1 aliphatic rings. The molecular weight excluding hydrogens is 372 g/mol. The summed E-state index contributed by atoms with van der Waals surface area (Å²) in [5.41, 5.74) is 2.28. The van der Waals surface area contributed by atoms with Crippen molar-refractivity contribution in [1.29, 1.82) is 0 Å². The minimum Gasteiger partial charge on any atom is -0.489 e. The minimum atomic E-state index is 0.487. The van der Waals surface area contributed by atoms with Crippen molar-refractivity contribution in [3.63, 3.8) is 0 Å². The molecule has 0 aliphatic carbocycles. The number of ether oxygens (including phenoxy) is 2. The lowest BCUT2D eigenvalue weighted by Crippen LogP contribution is -2.11. The molecule has 0 saturated carbocycles. The molecular formula is C22H20N2O3S. The van der Waals surface area contributed by atoms with Crippen LogP contribution in [0.1, 0.15) is 17.5 Å². The lowest BCUT2D eigenvalue weighted by Gasteiger charge is -2.10. The fraction of sp³-hybridized carbons (Fsp3) is 0.136. The third kappa shape index (κ3) is 5.20. The van der Waals surface area contributed by atoms with Gasteiger partial charge in [0.25, 0.3) is 0 Å². The number of benzene rings is 3. The predicted molar refractivity (Wildman–Crippen MR) is 111 cm³/mol. The Kier molecular flexibility index (Phi) is 5.99. The Hall–Kier alpha value is -3.12. The predicted octanol–water partition coefficient (Wildman–Crippen LogP) is 5.49. The number of oxime groups is 1. The van der Waals surface area contributed by atoms with E-state index in [0.29, 0.717) is 6.61 Å². The highest BCUT2D eigenvalue weighted by Crippen LogP contribution is 2.23. The van der Waals surface area contributed by atoms with Gasteiger partial charge in [0.1, 0.15) is 23.9 Å². The Morgan fingerprint density at radius 2 is 1.61 bits per heavy atom. The van der Waals surface area contributed by atoms with Crippen molar-refractivity contribution in [3.05, 3.63) is 90.0 Å². The largest absolute Gasteiger partial charge is 0.489 e. The topological polar surface area (TPSA) is 52.1 Å². The Morgan fingerprint density at radius 3 is 2.39 bits per heavy atom. The monoisotopic (exact) mass is 392 g/mol. The van der Waals surface area contributed by atoms with Crippen LogP contribution in [0.5, 0.6) is 17.2 Å². The summed E-state index contributed by atoms with van der Waals surface area (Å²) in [6, 6.07) is 25.8. The number of para-hydroxylation sites is 1. The van der Waals surface area contributed by atoms with Crippen LogP contribution in [0.15, 0.2) is 84.0 Å². The fourth-order valence-electron chi connectivity index (χ4n) is 2.75. The second kappa shape index (κ2) is 9.19. The molecule has 5 nitrogen and oxygen atoms in total. The van der Waals surface area contributed by atoms with Gasteiger partial charge in [-0.3, -0.25) is 9.01 Å². The maximum absolute atomic E-state index is 5.92.